The first-order valence-corrected chi connectivity index (χ1v) is 14.8. The van der Waals surface area contributed by atoms with E-state index >= 15 is 0 Å². The highest BCUT2D eigenvalue weighted by Crippen LogP contribution is 2.49. The summed E-state index contributed by atoms with van der Waals surface area (Å²) < 4.78 is 12.7. The van der Waals surface area contributed by atoms with Gasteiger partial charge in [0.25, 0.3) is 5.69 Å². The largest absolute Gasteiger partial charge is 0.490 e. The third-order valence-electron chi connectivity index (χ3n) is 7.75. The molecule has 2 aliphatic rings. The molecule has 42 heavy (non-hydrogen) atoms. The molecule has 1 heterocycles. The van der Waals surface area contributed by atoms with Gasteiger partial charge in [-0.1, -0.05) is 42.5 Å². The zero-order chi connectivity index (χ0) is 29.1. The summed E-state index contributed by atoms with van der Waals surface area (Å²) in [6.45, 7) is 2.63. The number of hydrogen-bond acceptors (Lipinski definition) is 6. The van der Waals surface area contributed by atoms with Crippen LogP contribution < -0.4 is 14.8 Å². The van der Waals surface area contributed by atoms with E-state index in [0.29, 0.717) is 29.9 Å². The summed E-state index contributed by atoms with van der Waals surface area (Å²) in [4.78, 5) is 15.2. The van der Waals surface area contributed by atoms with Crippen molar-refractivity contribution in [2.45, 2.75) is 31.9 Å². The molecule has 7 nitrogen and oxygen atoms in total. The monoisotopic (exact) mass is 623 g/mol. The molecule has 212 valence electrons. The number of benzene rings is 4. The third-order valence-corrected chi connectivity index (χ3v) is 8.34. The minimum absolute atomic E-state index is 0.0457. The third kappa shape index (κ3) is 5.81. The first-order chi connectivity index (χ1) is 20.5. The Morgan fingerprint density at radius 2 is 1.83 bits per heavy atom. The summed E-state index contributed by atoms with van der Waals surface area (Å²) in [7, 11) is 0. The van der Waals surface area contributed by atoms with Crippen LogP contribution in [0.1, 0.15) is 47.6 Å². The van der Waals surface area contributed by atoms with Crippen LogP contribution in [0, 0.1) is 16.0 Å². The molecule has 0 saturated heterocycles. The van der Waals surface area contributed by atoms with Gasteiger partial charge in [-0.3, -0.25) is 15.1 Å². The molecular formula is C34H30BrN3O4. The molecule has 1 N–H and O–H groups in total. The number of hydrogen-bond donors (Lipinski definition) is 1. The highest BCUT2D eigenvalue weighted by atomic mass is 79.9. The number of anilines is 1. The van der Waals surface area contributed by atoms with E-state index in [2.05, 4.69) is 81.9 Å². The van der Waals surface area contributed by atoms with Crippen molar-refractivity contribution in [2.75, 3.05) is 11.9 Å². The van der Waals surface area contributed by atoms with Crippen molar-refractivity contribution in [3.8, 4) is 11.5 Å². The summed E-state index contributed by atoms with van der Waals surface area (Å²) in [5, 5.41) is 14.7. The lowest BCUT2D eigenvalue weighted by atomic mass is 9.77. The van der Waals surface area contributed by atoms with Gasteiger partial charge in [-0.15, -0.1) is 0 Å². The van der Waals surface area contributed by atoms with E-state index in [1.807, 2.05) is 25.3 Å². The van der Waals surface area contributed by atoms with Gasteiger partial charge in [0.2, 0.25) is 0 Å². The Morgan fingerprint density at radius 3 is 2.60 bits per heavy atom. The number of halogens is 1. The number of nitro benzene ring substituents is 1. The molecule has 0 unspecified atom stereocenters. The van der Waals surface area contributed by atoms with Gasteiger partial charge in [0, 0.05) is 30.0 Å². The lowest BCUT2D eigenvalue weighted by Gasteiger charge is -2.37. The molecule has 4 aromatic rings. The van der Waals surface area contributed by atoms with Crippen LogP contribution in [0.25, 0.3) is 0 Å². The zero-order valence-corrected chi connectivity index (χ0v) is 24.7. The second-order valence-corrected chi connectivity index (χ2v) is 11.2. The molecule has 0 radical (unpaired) electrons. The number of allylic oxidation sites excluding steroid dienone is 2. The van der Waals surface area contributed by atoms with Gasteiger partial charge in [-0.05, 0) is 99.9 Å². The van der Waals surface area contributed by atoms with Crippen LogP contribution in [-0.2, 0) is 6.61 Å². The van der Waals surface area contributed by atoms with Crippen molar-refractivity contribution in [3.63, 3.8) is 0 Å². The molecule has 6 rings (SSSR count). The molecule has 0 amide bonds. The van der Waals surface area contributed by atoms with E-state index in [-0.39, 0.29) is 18.3 Å². The Morgan fingerprint density at radius 1 is 1.05 bits per heavy atom. The normalized spacial score (nSPS) is 18.8. The minimum atomic E-state index is -0.418. The average molecular weight is 625 g/mol. The minimum Gasteiger partial charge on any atom is -0.490 e. The van der Waals surface area contributed by atoms with E-state index in [9.17, 15) is 10.1 Å². The molecule has 1 aliphatic heterocycles. The average Bonchev–Trinajstić information content (AvgIpc) is 3.50. The van der Waals surface area contributed by atoms with Gasteiger partial charge in [0.15, 0.2) is 11.5 Å². The van der Waals surface area contributed by atoms with Gasteiger partial charge >= 0.3 is 0 Å². The molecule has 1 aliphatic carbocycles. The van der Waals surface area contributed by atoms with Crippen molar-refractivity contribution in [1.29, 1.82) is 0 Å². The van der Waals surface area contributed by atoms with Gasteiger partial charge < -0.3 is 14.8 Å². The summed E-state index contributed by atoms with van der Waals surface area (Å²) in [6, 6.07) is 27.5. The lowest BCUT2D eigenvalue weighted by Crippen LogP contribution is -2.28. The number of aliphatic imine (C=N–C) groups is 1. The van der Waals surface area contributed by atoms with E-state index < -0.39 is 4.92 Å². The molecule has 0 spiro atoms. The van der Waals surface area contributed by atoms with Crippen LogP contribution in [0.2, 0.25) is 0 Å². The standard InChI is InChI=1S/C34H30BrN3O4/c1-2-41-32-19-23(18-30(35)34(32)42-21-22-10-16-26(17-11-22)38(39)40)20-36-25-14-12-24(13-15-25)33-29-8-5-7-27(29)28-6-3-4-9-31(28)37-33/h3-7,9-20,27,29,33,37H,2,8,21H2,1H3/t27-,29+,33-/m0/s1. The van der Waals surface area contributed by atoms with Gasteiger partial charge in [-0.2, -0.15) is 0 Å². The Bertz CT molecular complexity index is 1650. The Kier molecular flexibility index (Phi) is 8.06. The van der Waals surface area contributed by atoms with Crippen LogP contribution in [0.4, 0.5) is 17.1 Å². The lowest BCUT2D eigenvalue weighted by molar-refractivity contribution is -0.384. The molecule has 0 aromatic heterocycles. The summed E-state index contributed by atoms with van der Waals surface area (Å²) in [6.07, 6.45) is 7.55. The fourth-order valence-corrected chi connectivity index (χ4v) is 6.30. The molecule has 0 fully saturated rings. The Balaban J connectivity index is 1.16. The maximum atomic E-state index is 10.9. The van der Waals surface area contributed by atoms with Crippen LogP contribution >= 0.6 is 15.9 Å². The first kappa shape index (κ1) is 27.7. The summed E-state index contributed by atoms with van der Waals surface area (Å²) in [5.41, 5.74) is 6.45. The van der Waals surface area contributed by atoms with Crippen molar-refractivity contribution in [2.24, 2.45) is 10.9 Å². The number of non-ortho nitro benzene ring substituents is 1. The van der Waals surface area contributed by atoms with Crippen molar-refractivity contribution < 1.29 is 14.4 Å². The number of para-hydroxylation sites is 1. The van der Waals surface area contributed by atoms with Crippen LogP contribution in [0.3, 0.4) is 0 Å². The number of ether oxygens (including phenoxy) is 2. The summed E-state index contributed by atoms with van der Waals surface area (Å²) >= 11 is 3.62. The first-order valence-electron chi connectivity index (χ1n) is 14.0. The fourth-order valence-electron chi connectivity index (χ4n) is 5.73. The molecule has 0 saturated carbocycles. The topological polar surface area (TPSA) is 86.0 Å². The number of nitro groups is 1. The SMILES string of the molecule is CCOc1cc(C=Nc2ccc([C@@H]3Nc4ccccc4[C@@H]4C=CC[C@H]43)cc2)cc(Br)c1OCc1ccc([N+](=O)[O-])cc1. The predicted molar refractivity (Wildman–Crippen MR) is 169 cm³/mol. The smallest absolute Gasteiger partial charge is 0.269 e. The fraction of sp³-hybridized carbons (Fsp3) is 0.206. The Labute approximate surface area is 253 Å². The van der Waals surface area contributed by atoms with Crippen molar-refractivity contribution in [1.82, 2.24) is 0 Å². The quantitative estimate of drug-likeness (QED) is 0.0870. The number of nitrogens with one attached hydrogen (secondary N) is 1. The molecule has 3 atom stereocenters. The maximum absolute atomic E-state index is 10.9. The number of nitrogens with zero attached hydrogens (tertiary/aromatic N) is 2. The zero-order valence-electron chi connectivity index (χ0n) is 23.1. The van der Waals surface area contributed by atoms with E-state index in [4.69, 9.17) is 14.5 Å². The number of fused-ring (bicyclic) bond motifs is 3. The number of rotatable bonds is 9. The molecule has 4 aromatic carbocycles. The highest BCUT2D eigenvalue weighted by Gasteiger charge is 2.37. The van der Waals surface area contributed by atoms with E-state index in [1.54, 1.807) is 12.1 Å². The van der Waals surface area contributed by atoms with Crippen molar-refractivity contribution in [3.05, 3.63) is 134 Å². The Hall–Kier alpha value is -4.43. The van der Waals surface area contributed by atoms with E-state index in [0.717, 1.165) is 27.7 Å². The van der Waals surface area contributed by atoms with Gasteiger partial charge in [0.05, 0.1) is 27.7 Å². The van der Waals surface area contributed by atoms with Gasteiger partial charge in [-0.25, -0.2) is 0 Å². The van der Waals surface area contributed by atoms with Crippen LogP contribution in [0.5, 0.6) is 11.5 Å². The van der Waals surface area contributed by atoms with E-state index in [1.165, 1.54) is 28.9 Å². The second kappa shape index (κ2) is 12.2. The van der Waals surface area contributed by atoms with Gasteiger partial charge in [0.1, 0.15) is 6.61 Å². The van der Waals surface area contributed by atoms with Crippen LogP contribution in [-0.4, -0.2) is 17.7 Å². The second-order valence-electron chi connectivity index (χ2n) is 10.4. The maximum Gasteiger partial charge on any atom is 0.269 e. The highest BCUT2D eigenvalue weighted by molar-refractivity contribution is 9.10. The molecular weight excluding hydrogens is 594 g/mol. The van der Waals surface area contributed by atoms with Crippen molar-refractivity contribution >= 4 is 39.2 Å². The predicted octanol–water partition coefficient (Wildman–Crippen LogP) is 8.91. The summed E-state index contributed by atoms with van der Waals surface area (Å²) in [5.74, 6) is 2.11. The molecule has 8 heteroatoms. The van der Waals surface area contributed by atoms with Crippen LogP contribution in [0.15, 0.2) is 107 Å². The molecule has 0 bridgehead atoms.